The van der Waals surface area contributed by atoms with Gasteiger partial charge in [0.2, 0.25) is 0 Å². The Morgan fingerprint density at radius 2 is 0.857 bits per heavy atom. The van der Waals surface area contributed by atoms with E-state index in [1.807, 2.05) is 18.2 Å². The molecule has 0 fully saturated rings. The summed E-state index contributed by atoms with van der Waals surface area (Å²) in [6.07, 6.45) is 55.6. The molecule has 0 spiro atoms. The lowest BCUT2D eigenvalue weighted by Crippen LogP contribution is -2.01. The molecule has 0 rings (SSSR count). The standard InChI is InChI=1S/C46H70O3/c1-3-5-6-7-8-9-10-11-12-13-14-15-16-19-25-30-35-40-45(48)41-36-31-26-20-17-18-21-27-32-37-42-46(49)43-38-33-28-23-22-24-29-34-39-44(47)4-2/h1-2,5-6,17,20,34-35,39-40,44-49H,7-16,18-19,21-33,36,41H2/b6-5-,20-17-,39-34+,40-35+/t44-,45?,46+/m1/s1. The molecule has 0 aromatic carbocycles. The van der Waals surface area contributed by atoms with Crippen LogP contribution in [0.25, 0.3) is 0 Å². The molecule has 272 valence electrons. The zero-order valence-electron chi connectivity index (χ0n) is 30.9. The van der Waals surface area contributed by atoms with Crippen LogP contribution in [0.4, 0.5) is 0 Å². The summed E-state index contributed by atoms with van der Waals surface area (Å²) in [5.41, 5.74) is 0. The Morgan fingerprint density at radius 3 is 1.39 bits per heavy atom. The van der Waals surface area contributed by atoms with Gasteiger partial charge in [-0.05, 0) is 95.6 Å². The molecular formula is C46H70O3. The zero-order chi connectivity index (χ0) is 35.7. The maximum Gasteiger partial charge on any atom is 0.176 e. The van der Waals surface area contributed by atoms with Gasteiger partial charge in [0.15, 0.2) is 6.10 Å². The van der Waals surface area contributed by atoms with E-state index in [1.54, 1.807) is 6.08 Å². The Bertz CT molecular complexity index is 1060. The van der Waals surface area contributed by atoms with E-state index in [0.29, 0.717) is 0 Å². The van der Waals surface area contributed by atoms with Crippen LogP contribution in [0, 0.1) is 48.4 Å². The Balaban J connectivity index is 3.51. The van der Waals surface area contributed by atoms with Gasteiger partial charge in [0.1, 0.15) is 6.10 Å². The fraction of sp³-hybridized carbons (Fsp3) is 0.652. The Kier molecular flexibility index (Phi) is 37.2. The van der Waals surface area contributed by atoms with Gasteiger partial charge in [-0.3, -0.25) is 0 Å². The second kappa shape index (κ2) is 39.5. The van der Waals surface area contributed by atoms with Crippen LogP contribution in [0.15, 0.2) is 48.6 Å². The zero-order valence-corrected chi connectivity index (χ0v) is 30.9. The molecule has 3 atom stereocenters. The minimum atomic E-state index is -0.851. The maximum atomic E-state index is 10.2. The first kappa shape index (κ1) is 46.1. The van der Waals surface area contributed by atoms with Crippen LogP contribution >= 0.6 is 0 Å². The average molecular weight is 671 g/mol. The van der Waals surface area contributed by atoms with Crippen LogP contribution < -0.4 is 0 Å². The molecule has 0 bridgehead atoms. The Hall–Kier alpha value is -2.92. The molecule has 0 saturated heterocycles. The molecule has 1 unspecified atom stereocenters. The first-order chi connectivity index (χ1) is 24.1. The van der Waals surface area contributed by atoms with Crippen LogP contribution in [-0.2, 0) is 0 Å². The fourth-order valence-corrected chi connectivity index (χ4v) is 5.43. The minimum absolute atomic E-state index is 0.306. The van der Waals surface area contributed by atoms with Crippen molar-refractivity contribution in [2.75, 3.05) is 0 Å². The monoisotopic (exact) mass is 671 g/mol. The van der Waals surface area contributed by atoms with E-state index in [4.69, 9.17) is 12.8 Å². The normalized spacial score (nSPS) is 13.2. The van der Waals surface area contributed by atoms with Gasteiger partial charge in [-0.15, -0.1) is 12.8 Å². The molecule has 0 heterocycles. The number of hydrogen-bond acceptors (Lipinski definition) is 3. The number of allylic oxidation sites excluding steroid dienone is 6. The first-order valence-electron chi connectivity index (χ1n) is 19.7. The maximum absolute atomic E-state index is 10.2. The highest BCUT2D eigenvalue weighted by molar-refractivity contribution is 5.19. The van der Waals surface area contributed by atoms with Crippen molar-refractivity contribution in [2.24, 2.45) is 0 Å². The first-order valence-corrected chi connectivity index (χ1v) is 19.7. The summed E-state index contributed by atoms with van der Waals surface area (Å²) in [4.78, 5) is 0. The number of unbranched alkanes of at least 4 members (excludes halogenated alkanes) is 22. The molecule has 0 radical (unpaired) electrons. The third-order valence-corrected chi connectivity index (χ3v) is 8.41. The minimum Gasteiger partial charge on any atom is -0.389 e. The topological polar surface area (TPSA) is 60.7 Å². The number of terminal acetylenes is 2. The van der Waals surface area contributed by atoms with E-state index in [1.165, 1.54) is 70.6 Å². The largest absolute Gasteiger partial charge is 0.389 e. The van der Waals surface area contributed by atoms with E-state index in [2.05, 4.69) is 59.8 Å². The third kappa shape index (κ3) is 39.4. The van der Waals surface area contributed by atoms with Crippen LogP contribution in [0.2, 0.25) is 0 Å². The molecule has 3 nitrogen and oxygen atoms in total. The van der Waals surface area contributed by atoms with Crippen molar-refractivity contribution in [3.63, 3.8) is 0 Å². The van der Waals surface area contributed by atoms with Crippen molar-refractivity contribution < 1.29 is 15.3 Å². The lowest BCUT2D eigenvalue weighted by Gasteiger charge is -2.04. The predicted molar refractivity (Wildman–Crippen MR) is 212 cm³/mol. The number of aliphatic hydroxyl groups is 3. The fourth-order valence-electron chi connectivity index (χ4n) is 5.43. The van der Waals surface area contributed by atoms with Crippen LogP contribution in [0.5, 0.6) is 0 Å². The molecule has 0 aromatic heterocycles. The molecular weight excluding hydrogens is 601 g/mol. The third-order valence-electron chi connectivity index (χ3n) is 8.41. The summed E-state index contributed by atoms with van der Waals surface area (Å²) in [5, 5.41) is 29.4. The van der Waals surface area contributed by atoms with Gasteiger partial charge in [-0.2, -0.15) is 0 Å². The average Bonchev–Trinajstić information content (AvgIpc) is 3.10. The summed E-state index contributed by atoms with van der Waals surface area (Å²) >= 11 is 0. The van der Waals surface area contributed by atoms with Gasteiger partial charge < -0.3 is 15.3 Å². The van der Waals surface area contributed by atoms with Gasteiger partial charge in [-0.25, -0.2) is 0 Å². The second-order valence-corrected chi connectivity index (χ2v) is 13.1. The molecule has 0 amide bonds. The van der Waals surface area contributed by atoms with Crippen molar-refractivity contribution >= 4 is 0 Å². The summed E-state index contributed by atoms with van der Waals surface area (Å²) in [5.74, 6) is 16.6. The van der Waals surface area contributed by atoms with E-state index in [0.717, 1.165) is 103 Å². The Labute approximate surface area is 303 Å². The van der Waals surface area contributed by atoms with Crippen molar-refractivity contribution in [1.82, 2.24) is 0 Å². The molecule has 0 aliphatic carbocycles. The van der Waals surface area contributed by atoms with Gasteiger partial charge in [0.05, 0.1) is 6.10 Å². The molecule has 3 N–H and O–H groups in total. The highest BCUT2D eigenvalue weighted by Gasteiger charge is 1.99. The van der Waals surface area contributed by atoms with Crippen molar-refractivity contribution in [3.05, 3.63) is 48.6 Å². The van der Waals surface area contributed by atoms with E-state index < -0.39 is 12.2 Å². The molecule has 3 heteroatoms. The highest BCUT2D eigenvalue weighted by Crippen LogP contribution is 2.13. The molecule has 0 aliphatic heterocycles. The Morgan fingerprint density at radius 1 is 0.449 bits per heavy atom. The lowest BCUT2D eigenvalue weighted by molar-refractivity contribution is 0.208. The van der Waals surface area contributed by atoms with E-state index >= 15 is 0 Å². The van der Waals surface area contributed by atoms with Crippen LogP contribution in [0.1, 0.15) is 173 Å². The van der Waals surface area contributed by atoms with Crippen molar-refractivity contribution in [3.8, 4) is 48.4 Å². The quantitative estimate of drug-likeness (QED) is 0.0391. The van der Waals surface area contributed by atoms with E-state index in [9.17, 15) is 15.3 Å². The molecule has 0 aromatic rings. The van der Waals surface area contributed by atoms with Gasteiger partial charge in [-0.1, -0.05) is 149 Å². The SMILES string of the molecule is C#C/C=C\CCCCCCCCCCCCC/C=C/C(O)CCCC/C=C\CCCCC#C[C@H](O)C#CCCCCCC/C=C/[C@H](O)C#C. The summed E-state index contributed by atoms with van der Waals surface area (Å²) < 4.78 is 0. The van der Waals surface area contributed by atoms with Crippen molar-refractivity contribution in [2.45, 2.75) is 192 Å². The van der Waals surface area contributed by atoms with Crippen molar-refractivity contribution in [1.29, 1.82) is 0 Å². The summed E-state index contributed by atoms with van der Waals surface area (Å²) in [7, 11) is 0. The highest BCUT2D eigenvalue weighted by atomic mass is 16.3. The number of hydrogen-bond donors (Lipinski definition) is 3. The molecule has 49 heavy (non-hydrogen) atoms. The molecule has 0 saturated carbocycles. The van der Waals surface area contributed by atoms with E-state index in [-0.39, 0.29) is 6.10 Å². The predicted octanol–water partition coefficient (Wildman–Crippen LogP) is 11.1. The van der Waals surface area contributed by atoms with Crippen LogP contribution in [-0.4, -0.2) is 33.6 Å². The number of aliphatic hydroxyl groups excluding tert-OH is 3. The molecule has 0 aliphatic rings. The lowest BCUT2D eigenvalue weighted by atomic mass is 10.0. The van der Waals surface area contributed by atoms with Crippen LogP contribution in [0.3, 0.4) is 0 Å². The second-order valence-electron chi connectivity index (χ2n) is 13.1. The smallest absolute Gasteiger partial charge is 0.176 e. The number of rotatable bonds is 31. The van der Waals surface area contributed by atoms with Gasteiger partial charge >= 0.3 is 0 Å². The summed E-state index contributed by atoms with van der Waals surface area (Å²) in [6.45, 7) is 0. The van der Waals surface area contributed by atoms with Gasteiger partial charge in [0, 0.05) is 12.8 Å². The summed E-state index contributed by atoms with van der Waals surface area (Å²) in [6, 6.07) is 0. The van der Waals surface area contributed by atoms with Gasteiger partial charge in [0.25, 0.3) is 0 Å².